The van der Waals surface area contributed by atoms with Crippen LogP contribution in [0.25, 0.3) is 0 Å². The van der Waals surface area contributed by atoms with Gasteiger partial charge in [0, 0.05) is 12.5 Å². The average molecular weight is 371 g/mol. The minimum absolute atomic E-state index is 0.00733. The maximum atomic E-state index is 13.7. The van der Waals surface area contributed by atoms with Crippen LogP contribution in [0.15, 0.2) is 41.3 Å². The summed E-state index contributed by atoms with van der Waals surface area (Å²) in [6.45, 7) is 7.72. The van der Waals surface area contributed by atoms with E-state index in [9.17, 15) is 8.42 Å². The van der Waals surface area contributed by atoms with Crippen LogP contribution in [0.2, 0.25) is 0 Å². The minimum atomic E-state index is -3.59. The Labute approximate surface area is 156 Å². The molecule has 138 valence electrons. The first-order valence-electron chi connectivity index (χ1n) is 9.20. The second-order valence-electron chi connectivity index (χ2n) is 7.86. The van der Waals surface area contributed by atoms with E-state index in [1.165, 1.54) is 11.1 Å². The van der Waals surface area contributed by atoms with Crippen molar-refractivity contribution in [1.29, 1.82) is 0 Å². The second kappa shape index (κ2) is 6.10. The maximum absolute atomic E-state index is 13.7. The molecule has 0 unspecified atom stereocenters. The number of likely N-dealkylation sites (N-methyl/N-ethyl adjacent to an activating group) is 1. The van der Waals surface area contributed by atoms with Crippen LogP contribution in [0.1, 0.15) is 34.6 Å². The molecule has 4 nitrogen and oxygen atoms in total. The summed E-state index contributed by atoms with van der Waals surface area (Å²) in [5, 5.41) is 0. The summed E-state index contributed by atoms with van der Waals surface area (Å²) < 4.78 is 29.1. The quantitative estimate of drug-likeness (QED) is 0.811. The van der Waals surface area contributed by atoms with Crippen LogP contribution in [-0.4, -0.2) is 39.5 Å². The zero-order valence-corrected chi connectivity index (χ0v) is 16.7. The molecule has 4 rings (SSSR count). The van der Waals surface area contributed by atoms with E-state index in [1.807, 2.05) is 38.1 Å². The first-order valence-corrected chi connectivity index (χ1v) is 10.6. The Morgan fingerprint density at radius 2 is 1.69 bits per heavy atom. The molecule has 1 saturated heterocycles. The van der Waals surface area contributed by atoms with Gasteiger partial charge in [-0.25, -0.2) is 8.42 Å². The number of aryl methyl sites for hydroxylation is 3. The van der Waals surface area contributed by atoms with E-state index in [0.717, 1.165) is 36.3 Å². The van der Waals surface area contributed by atoms with Crippen molar-refractivity contribution in [3.8, 4) is 0 Å². The first-order chi connectivity index (χ1) is 12.3. The molecule has 2 atom stereocenters. The fourth-order valence-electron chi connectivity index (χ4n) is 4.44. The topological polar surface area (TPSA) is 40.6 Å². The summed E-state index contributed by atoms with van der Waals surface area (Å²) in [5.41, 5.74) is 5.00. The lowest BCUT2D eigenvalue weighted by Crippen LogP contribution is -2.47. The van der Waals surface area contributed by atoms with Gasteiger partial charge in [0.25, 0.3) is 10.0 Å². The third kappa shape index (κ3) is 2.65. The van der Waals surface area contributed by atoms with Gasteiger partial charge in [-0.2, -0.15) is 0 Å². The minimum Gasteiger partial charge on any atom is -0.306 e. The predicted molar refractivity (Wildman–Crippen MR) is 105 cm³/mol. The molecule has 0 bridgehead atoms. The van der Waals surface area contributed by atoms with Crippen molar-refractivity contribution in [2.75, 3.05) is 24.4 Å². The largest absolute Gasteiger partial charge is 0.306 e. The number of likely N-dealkylation sites (tertiary alicyclic amines) is 1. The molecule has 2 aliphatic rings. The Morgan fingerprint density at radius 3 is 2.46 bits per heavy atom. The number of nitrogens with zero attached hydrogens (tertiary/aromatic N) is 2. The van der Waals surface area contributed by atoms with Crippen molar-refractivity contribution in [3.05, 3.63) is 58.7 Å². The number of hydrogen-bond acceptors (Lipinski definition) is 3. The molecular formula is C21H26N2O2S. The van der Waals surface area contributed by atoms with Crippen molar-refractivity contribution in [2.45, 2.75) is 44.0 Å². The molecule has 2 heterocycles. The molecule has 5 heteroatoms. The van der Waals surface area contributed by atoms with Gasteiger partial charge in [0.15, 0.2) is 0 Å². The van der Waals surface area contributed by atoms with Crippen molar-refractivity contribution in [2.24, 2.45) is 0 Å². The number of rotatable bonds is 2. The van der Waals surface area contributed by atoms with Crippen LogP contribution in [0, 0.1) is 20.8 Å². The van der Waals surface area contributed by atoms with Gasteiger partial charge in [0.2, 0.25) is 0 Å². The number of anilines is 1. The lowest BCUT2D eigenvalue weighted by molar-refractivity contribution is 0.237. The van der Waals surface area contributed by atoms with Crippen LogP contribution in [0.4, 0.5) is 5.69 Å². The van der Waals surface area contributed by atoms with Crippen molar-refractivity contribution in [3.63, 3.8) is 0 Å². The van der Waals surface area contributed by atoms with Crippen LogP contribution < -0.4 is 4.31 Å². The Hall–Kier alpha value is -1.85. The van der Waals surface area contributed by atoms with Gasteiger partial charge in [-0.3, -0.25) is 4.31 Å². The van der Waals surface area contributed by atoms with Crippen LogP contribution >= 0.6 is 0 Å². The van der Waals surface area contributed by atoms with Gasteiger partial charge in [-0.1, -0.05) is 29.8 Å². The lowest BCUT2D eigenvalue weighted by atomic mass is 9.89. The molecule has 2 aliphatic heterocycles. The van der Waals surface area contributed by atoms with Gasteiger partial charge in [0.1, 0.15) is 0 Å². The summed E-state index contributed by atoms with van der Waals surface area (Å²) >= 11 is 0. The molecule has 0 saturated carbocycles. The Morgan fingerprint density at radius 1 is 1.00 bits per heavy atom. The number of sulfonamides is 1. The number of fused-ring (bicyclic) bond motifs is 3. The summed E-state index contributed by atoms with van der Waals surface area (Å²) in [5.74, 6) is 0.239. The van der Waals surface area contributed by atoms with Gasteiger partial charge in [-0.05, 0) is 69.6 Å². The van der Waals surface area contributed by atoms with Crippen LogP contribution in [-0.2, 0) is 10.0 Å². The zero-order chi connectivity index (χ0) is 18.6. The molecule has 1 fully saturated rings. The van der Waals surface area contributed by atoms with E-state index in [1.54, 1.807) is 10.4 Å². The average Bonchev–Trinajstić information content (AvgIpc) is 2.90. The summed E-state index contributed by atoms with van der Waals surface area (Å²) in [6, 6.07) is 11.9. The van der Waals surface area contributed by atoms with Crippen molar-refractivity contribution < 1.29 is 8.42 Å². The van der Waals surface area contributed by atoms with E-state index >= 15 is 0 Å². The fraction of sp³-hybridized carbons (Fsp3) is 0.429. The standard InChI is InChI=1S/C21H26N2O2S/c1-14-6-8-19-17(11-14)18-13-22(4)10-9-20(18)23(19)26(24,25)21-12-15(2)5-7-16(21)3/h5-8,11-12,18,20H,9-10,13H2,1-4H3/t18-,20+/m1/s1. The van der Waals surface area contributed by atoms with E-state index in [2.05, 4.69) is 24.9 Å². The molecule has 0 amide bonds. The summed E-state index contributed by atoms with van der Waals surface area (Å²) in [6.07, 6.45) is 0.860. The Kier molecular flexibility index (Phi) is 4.12. The molecule has 2 aromatic carbocycles. The number of hydrogen-bond donors (Lipinski definition) is 0. The van der Waals surface area contributed by atoms with Crippen LogP contribution in [0.5, 0.6) is 0 Å². The van der Waals surface area contributed by atoms with Crippen molar-refractivity contribution >= 4 is 15.7 Å². The third-order valence-corrected chi connectivity index (χ3v) is 7.76. The van der Waals surface area contributed by atoms with E-state index in [0.29, 0.717) is 4.90 Å². The number of benzene rings is 2. The SMILES string of the molecule is Cc1ccc2c(c1)[C@H]1CN(C)CC[C@@H]1N2S(=O)(=O)c1cc(C)ccc1C. The highest BCUT2D eigenvalue weighted by molar-refractivity contribution is 7.93. The predicted octanol–water partition coefficient (Wildman–Crippen LogP) is 3.61. The summed E-state index contributed by atoms with van der Waals surface area (Å²) in [4.78, 5) is 2.74. The van der Waals surface area contributed by atoms with E-state index < -0.39 is 10.0 Å². The second-order valence-corrected chi connectivity index (χ2v) is 9.64. The highest BCUT2D eigenvalue weighted by Gasteiger charge is 2.46. The Bertz CT molecular complexity index is 968. The molecular weight excluding hydrogens is 344 g/mol. The van der Waals surface area contributed by atoms with Gasteiger partial charge in [0.05, 0.1) is 16.6 Å². The molecule has 26 heavy (non-hydrogen) atoms. The molecule has 0 spiro atoms. The highest BCUT2D eigenvalue weighted by Crippen LogP contribution is 2.47. The first kappa shape index (κ1) is 17.6. The lowest BCUT2D eigenvalue weighted by Gasteiger charge is -2.37. The molecule has 0 N–H and O–H groups in total. The van der Waals surface area contributed by atoms with E-state index in [-0.39, 0.29) is 12.0 Å². The Balaban J connectivity index is 1.89. The third-order valence-electron chi connectivity index (χ3n) is 5.78. The summed E-state index contributed by atoms with van der Waals surface area (Å²) in [7, 11) is -1.47. The normalized spacial score (nSPS) is 23.0. The van der Waals surface area contributed by atoms with E-state index in [4.69, 9.17) is 0 Å². The van der Waals surface area contributed by atoms with Gasteiger partial charge >= 0.3 is 0 Å². The zero-order valence-electron chi connectivity index (χ0n) is 15.9. The highest BCUT2D eigenvalue weighted by atomic mass is 32.2. The fourth-order valence-corrected chi connectivity index (χ4v) is 6.49. The van der Waals surface area contributed by atoms with Crippen LogP contribution in [0.3, 0.4) is 0 Å². The van der Waals surface area contributed by atoms with Gasteiger partial charge in [-0.15, -0.1) is 0 Å². The van der Waals surface area contributed by atoms with Crippen molar-refractivity contribution in [1.82, 2.24) is 4.90 Å². The molecule has 0 radical (unpaired) electrons. The molecule has 0 aliphatic carbocycles. The van der Waals surface area contributed by atoms with Gasteiger partial charge < -0.3 is 4.90 Å². The monoisotopic (exact) mass is 370 g/mol. The smallest absolute Gasteiger partial charge is 0.264 e. The molecule has 2 aromatic rings. The maximum Gasteiger partial charge on any atom is 0.264 e. The number of piperidine rings is 1. The molecule has 0 aromatic heterocycles.